The van der Waals surface area contributed by atoms with Crippen LogP contribution in [0.2, 0.25) is 0 Å². The molecule has 0 saturated carbocycles. The Bertz CT molecular complexity index is 862. The molecule has 0 unspecified atom stereocenters. The van der Waals surface area contributed by atoms with E-state index in [1.807, 2.05) is 19.9 Å². The van der Waals surface area contributed by atoms with Crippen molar-refractivity contribution in [2.24, 2.45) is 0 Å². The minimum Gasteiger partial charge on any atom is -0.404 e. The standard InChI is InChI=1S/C16H15BrF3NO3S/c1-10-5-11(2)7-12(6-10)9-21-25(22,23)15-4-3-13(17)8-14(15)24-16(18,19)20/h3-8,21H,9H2,1-2H3. The van der Waals surface area contributed by atoms with Gasteiger partial charge in [0.15, 0.2) is 5.75 Å². The van der Waals surface area contributed by atoms with Crippen molar-refractivity contribution >= 4 is 26.0 Å². The second-order valence-corrected chi connectivity index (χ2v) is 8.11. The zero-order chi connectivity index (χ0) is 18.8. The van der Waals surface area contributed by atoms with Gasteiger partial charge in [0.05, 0.1) is 0 Å². The van der Waals surface area contributed by atoms with Gasteiger partial charge in [0.25, 0.3) is 0 Å². The third-order valence-electron chi connectivity index (χ3n) is 3.17. The van der Waals surface area contributed by atoms with Crippen molar-refractivity contribution in [3.05, 3.63) is 57.6 Å². The van der Waals surface area contributed by atoms with Crippen molar-refractivity contribution in [1.82, 2.24) is 4.72 Å². The number of benzene rings is 2. The number of aryl methyl sites for hydroxylation is 2. The van der Waals surface area contributed by atoms with Crippen LogP contribution in [0.25, 0.3) is 0 Å². The molecule has 0 aliphatic heterocycles. The minimum atomic E-state index is -5.00. The Morgan fingerprint density at radius 2 is 1.68 bits per heavy atom. The normalized spacial score (nSPS) is 12.2. The van der Waals surface area contributed by atoms with Crippen LogP contribution in [-0.2, 0) is 16.6 Å². The average molecular weight is 438 g/mol. The number of halogens is 4. The van der Waals surface area contributed by atoms with E-state index in [9.17, 15) is 21.6 Å². The third-order valence-corrected chi connectivity index (χ3v) is 5.10. The smallest absolute Gasteiger partial charge is 0.404 e. The molecule has 25 heavy (non-hydrogen) atoms. The van der Waals surface area contributed by atoms with E-state index >= 15 is 0 Å². The second-order valence-electron chi connectivity index (χ2n) is 5.46. The molecular weight excluding hydrogens is 423 g/mol. The molecule has 0 aromatic heterocycles. The van der Waals surface area contributed by atoms with Gasteiger partial charge in [0.2, 0.25) is 10.0 Å². The van der Waals surface area contributed by atoms with E-state index in [4.69, 9.17) is 0 Å². The van der Waals surface area contributed by atoms with Gasteiger partial charge in [0.1, 0.15) is 4.90 Å². The molecule has 1 N–H and O–H groups in total. The topological polar surface area (TPSA) is 55.4 Å². The lowest BCUT2D eigenvalue weighted by atomic mass is 10.1. The third kappa shape index (κ3) is 5.72. The number of sulfonamides is 1. The lowest BCUT2D eigenvalue weighted by Crippen LogP contribution is -2.25. The Kier molecular flexibility index (Phi) is 5.80. The molecule has 0 aliphatic carbocycles. The van der Waals surface area contributed by atoms with Crippen molar-refractivity contribution in [3.63, 3.8) is 0 Å². The Balaban J connectivity index is 2.30. The van der Waals surface area contributed by atoms with Gasteiger partial charge in [0, 0.05) is 11.0 Å². The fourth-order valence-corrected chi connectivity index (χ4v) is 3.80. The van der Waals surface area contributed by atoms with Gasteiger partial charge < -0.3 is 4.74 Å². The van der Waals surface area contributed by atoms with Crippen molar-refractivity contribution in [3.8, 4) is 5.75 Å². The van der Waals surface area contributed by atoms with E-state index in [-0.39, 0.29) is 11.0 Å². The maximum Gasteiger partial charge on any atom is 0.573 e. The van der Waals surface area contributed by atoms with Crippen molar-refractivity contribution in [2.45, 2.75) is 31.7 Å². The van der Waals surface area contributed by atoms with Gasteiger partial charge in [-0.05, 0) is 37.6 Å². The summed E-state index contributed by atoms with van der Waals surface area (Å²) in [5.74, 6) is -0.796. The van der Waals surface area contributed by atoms with Crippen LogP contribution in [0.15, 0.2) is 45.8 Å². The lowest BCUT2D eigenvalue weighted by Gasteiger charge is -2.15. The van der Waals surface area contributed by atoms with Crippen molar-refractivity contribution in [1.29, 1.82) is 0 Å². The molecule has 0 bridgehead atoms. The Labute approximate surface area is 152 Å². The molecule has 4 nitrogen and oxygen atoms in total. The summed E-state index contributed by atoms with van der Waals surface area (Å²) in [7, 11) is -4.20. The molecule has 2 aromatic carbocycles. The molecule has 0 saturated heterocycles. The van der Waals surface area contributed by atoms with Crippen LogP contribution in [-0.4, -0.2) is 14.8 Å². The predicted octanol–water partition coefficient (Wildman–Crippen LogP) is 4.44. The first-order chi connectivity index (χ1) is 11.5. The highest BCUT2D eigenvalue weighted by molar-refractivity contribution is 9.10. The van der Waals surface area contributed by atoms with Crippen LogP contribution >= 0.6 is 15.9 Å². The molecule has 0 spiro atoms. The van der Waals surface area contributed by atoms with Crippen molar-refractivity contribution < 1.29 is 26.3 Å². The average Bonchev–Trinajstić information content (AvgIpc) is 2.42. The fourth-order valence-electron chi connectivity index (χ4n) is 2.34. The van der Waals surface area contributed by atoms with Crippen molar-refractivity contribution in [2.75, 3.05) is 0 Å². The summed E-state index contributed by atoms with van der Waals surface area (Å²) in [5, 5.41) is 0. The maximum atomic E-state index is 12.5. The van der Waals surface area contributed by atoms with E-state index in [1.54, 1.807) is 12.1 Å². The summed E-state index contributed by atoms with van der Waals surface area (Å²) in [4.78, 5) is -0.586. The van der Waals surface area contributed by atoms with E-state index in [2.05, 4.69) is 25.4 Å². The Hall–Kier alpha value is -1.58. The molecule has 2 aromatic rings. The first-order valence-electron chi connectivity index (χ1n) is 7.08. The Morgan fingerprint density at radius 1 is 1.08 bits per heavy atom. The summed E-state index contributed by atoms with van der Waals surface area (Å²) < 4.78 is 68.8. The van der Waals surface area contributed by atoms with Crippen LogP contribution in [0.4, 0.5) is 13.2 Å². The lowest BCUT2D eigenvalue weighted by molar-refractivity contribution is -0.275. The van der Waals surface area contributed by atoms with Gasteiger partial charge in [-0.1, -0.05) is 45.3 Å². The molecule has 0 fully saturated rings. The first-order valence-corrected chi connectivity index (χ1v) is 9.36. The molecule has 0 amide bonds. The first kappa shape index (κ1) is 19.7. The number of rotatable bonds is 5. The minimum absolute atomic E-state index is 0.0492. The van der Waals surface area contributed by atoms with Crippen LogP contribution < -0.4 is 9.46 Å². The summed E-state index contributed by atoms with van der Waals surface area (Å²) in [5.41, 5.74) is 2.62. The quantitative estimate of drug-likeness (QED) is 0.751. The predicted molar refractivity (Wildman–Crippen MR) is 90.8 cm³/mol. The number of hydrogen-bond donors (Lipinski definition) is 1. The molecule has 0 aliphatic rings. The zero-order valence-corrected chi connectivity index (χ0v) is 15.7. The number of nitrogens with one attached hydrogen (secondary N) is 1. The highest BCUT2D eigenvalue weighted by atomic mass is 79.9. The molecular formula is C16H15BrF3NO3S. The van der Waals surface area contributed by atoms with Crippen LogP contribution in [0.1, 0.15) is 16.7 Å². The van der Waals surface area contributed by atoms with Gasteiger partial charge in [-0.2, -0.15) is 0 Å². The monoisotopic (exact) mass is 437 g/mol. The van der Waals surface area contributed by atoms with E-state index in [1.165, 1.54) is 6.07 Å². The summed E-state index contributed by atoms with van der Waals surface area (Å²) in [6.07, 6.45) is -5.00. The number of alkyl halides is 3. The molecule has 0 heterocycles. The molecule has 2 rings (SSSR count). The van der Waals surface area contributed by atoms with Gasteiger partial charge in [-0.25, -0.2) is 13.1 Å². The summed E-state index contributed by atoms with van der Waals surface area (Å²) in [6, 6.07) is 8.86. The van der Waals surface area contributed by atoms with E-state index in [0.29, 0.717) is 5.56 Å². The molecule has 9 heteroatoms. The Morgan fingerprint density at radius 3 is 2.24 bits per heavy atom. The van der Waals surface area contributed by atoms with Gasteiger partial charge >= 0.3 is 6.36 Å². The largest absolute Gasteiger partial charge is 0.573 e. The molecule has 0 atom stereocenters. The van der Waals surface area contributed by atoms with Crippen LogP contribution in [0.5, 0.6) is 5.75 Å². The second kappa shape index (κ2) is 7.35. The van der Waals surface area contributed by atoms with Gasteiger partial charge in [-0.3, -0.25) is 0 Å². The number of ether oxygens (including phenoxy) is 1. The highest BCUT2D eigenvalue weighted by Crippen LogP contribution is 2.32. The SMILES string of the molecule is Cc1cc(C)cc(CNS(=O)(=O)c2ccc(Br)cc2OC(F)(F)F)c1. The maximum absolute atomic E-state index is 12.5. The summed E-state index contributed by atoms with van der Waals surface area (Å²) >= 11 is 3.00. The molecule has 136 valence electrons. The highest BCUT2D eigenvalue weighted by Gasteiger charge is 2.34. The van der Waals surface area contributed by atoms with Gasteiger partial charge in [-0.15, -0.1) is 13.2 Å². The summed E-state index contributed by atoms with van der Waals surface area (Å²) in [6.45, 7) is 3.69. The van der Waals surface area contributed by atoms with E-state index < -0.39 is 27.0 Å². The zero-order valence-electron chi connectivity index (χ0n) is 13.3. The van der Waals surface area contributed by atoms with Crippen LogP contribution in [0.3, 0.4) is 0 Å². The van der Waals surface area contributed by atoms with E-state index in [0.717, 1.165) is 23.3 Å². The fraction of sp³-hybridized carbons (Fsp3) is 0.250. The molecule has 0 radical (unpaired) electrons. The number of hydrogen-bond acceptors (Lipinski definition) is 3. The van der Waals surface area contributed by atoms with Crippen LogP contribution in [0, 0.1) is 13.8 Å².